The molecule has 0 radical (unpaired) electrons. The molecule has 1 aromatic carbocycles. The fraction of sp³-hybridized carbons (Fsp3) is 0.267. The van der Waals surface area contributed by atoms with Gasteiger partial charge in [-0.05, 0) is 30.0 Å². The lowest BCUT2D eigenvalue weighted by Crippen LogP contribution is -2.37. The van der Waals surface area contributed by atoms with Crippen LogP contribution in [0.25, 0.3) is 0 Å². The van der Waals surface area contributed by atoms with Gasteiger partial charge in [0.15, 0.2) is 0 Å². The van der Waals surface area contributed by atoms with Crippen LogP contribution in [0.5, 0.6) is 0 Å². The number of urea groups is 1. The van der Waals surface area contributed by atoms with Crippen LogP contribution in [0, 0.1) is 0 Å². The molecule has 5 heteroatoms. The maximum absolute atomic E-state index is 11.6. The molecule has 0 saturated heterocycles. The van der Waals surface area contributed by atoms with Crippen molar-refractivity contribution in [3.05, 3.63) is 52.7 Å². The Morgan fingerprint density at radius 1 is 1.05 bits per heavy atom. The predicted molar refractivity (Wildman–Crippen MR) is 86.6 cm³/mol. The topological polar surface area (TPSA) is 41.1 Å². The summed E-state index contributed by atoms with van der Waals surface area (Å²) in [5.74, 6) is 0.877. The Morgan fingerprint density at radius 3 is 2.60 bits per heavy atom. The quantitative estimate of drug-likeness (QED) is 0.608. The summed E-state index contributed by atoms with van der Waals surface area (Å²) in [6.07, 6.45) is 0.893. The van der Waals surface area contributed by atoms with E-state index in [1.165, 1.54) is 9.77 Å². The van der Waals surface area contributed by atoms with E-state index >= 15 is 0 Å². The van der Waals surface area contributed by atoms with E-state index in [4.69, 9.17) is 0 Å². The molecule has 2 aromatic rings. The van der Waals surface area contributed by atoms with Gasteiger partial charge < -0.3 is 10.6 Å². The van der Waals surface area contributed by atoms with Gasteiger partial charge in [0, 0.05) is 28.6 Å². The third-order valence-corrected chi connectivity index (χ3v) is 4.59. The lowest BCUT2D eigenvalue weighted by Gasteiger charge is -2.07. The predicted octanol–water partition coefficient (Wildman–Crippen LogP) is 3.38. The molecule has 20 heavy (non-hydrogen) atoms. The van der Waals surface area contributed by atoms with Crippen molar-refractivity contribution in [1.82, 2.24) is 10.6 Å². The van der Waals surface area contributed by atoms with Crippen LogP contribution >= 0.6 is 23.1 Å². The first-order valence-corrected chi connectivity index (χ1v) is 8.43. The average molecular weight is 306 g/mol. The van der Waals surface area contributed by atoms with Gasteiger partial charge in [0.25, 0.3) is 0 Å². The molecule has 2 N–H and O–H groups in total. The second-order valence-corrected chi connectivity index (χ2v) is 6.37. The van der Waals surface area contributed by atoms with Crippen LogP contribution in [0.2, 0.25) is 0 Å². The normalized spacial score (nSPS) is 10.2. The molecule has 2 amide bonds. The zero-order valence-corrected chi connectivity index (χ0v) is 12.8. The average Bonchev–Trinajstić information content (AvgIpc) is 2.98. The zero-order chi connectivity index (χ0) is 14.0. The summed E-state index contributed by atoms with van der Waals surface area (Å²) in [7, 11) is 0. The van der Waals surface area contributed by atoms with Crippen molar-refractivity contribution >= 4 is 29.1 Å². The first-order valence-electron chi connectivity index (χ1n) is 6.56. The van der Waals surface area contributed by atoms with E-state index in [1.807, 2.05) is 24.3 Å². The number of nitrogens with one attached hydrogen (secondary N) is 2. The van der Waals surface area contributed by atoms with Crippen molar-refractivity contribution < 1.29 is 4.79 Å². The van der Waals surface area contributed by atoms with Crippen LogP contribution in [0.3, 0.4) is 0 Å². The van der Waals surface area contributed by atoms with E-state index in [2.05, 4.69) is 34.2 Å². The van der Waals surface area contributed by atoms with Crippen molar-refractivity contribution in [1.29, 1.82) is 0 Å². The van der Waals surface area contributed by atoms with Crippen molar-refractivity contribution in [3.63, 3.8) is 0 Å². The van der Waals surface area contributed by atoms with E-state index in [0.29, 0.717) is 13.1 Å². The third-order valence-electron chi connectivity index (χ3n) is 2.64. The zero-order valence-electron chi connectivity index (χ0n) is 11.2. The number of amides is 2. The molecule has 0 atom stereocenters. The molecule has 1 aromatic heterocycles. The molecule has 0 aliphatic rings. The van der Waals surface area contributed by atoms with Crippen molar-refractivity contribution in [2.75, 3.05) is 18.8 Å². The van der Waals surface area contributed by atoms with Crippen molar-refractivity contribution in [2.45, 2.75) is 11.3 Å². The number of hydrogen-bond donors (Lipinski definition) is 2. The lowest BCUT2D eigenvalue weighted by atomic mass is 10.3. The van der Waals surface area contributed by atoms with Gasteiger partial charge in [0.05, 0.1) is 0 Å². The van der Waals surface area contributed by atoms with E-state index in [-0.39, 0.29) is 6.03 Å². The number of hydrogen-bond acceptors (Lipinski definition) is 3. The van der Waals surface area contributed by atoms with Crippen LogP contribution in [0.1, 0.15) is 4.88 Å². The van der Waals surface area contributed by atoms with Gasteiger partial charge >= 0.3 is 6.03 Å². The first kappa shape index (κ1) is 14.9. The summed E-state index contributed by atoms with van der Waals surface area (Å²) >= 11 is 3.46. The summed E-state index contributed by atoms with van der Waals surface area (Å²) in [6, 6.07) is 14.2. The summed E-state index contributed by atoms with van der Waals surface area (Å²) in [6.45, 7) is 1.35. The molecule has 0 bridgehead atoms. The SMILES string of the molecule is O=C(NCCSc1ccccc1)NCCc1cccs1. The molecule has 2 rings (SSSR count). The molecular weight excluding hydrogens is 288 g/mol. The largest absolute Gasteiger partial charge is 0.338 e. The molecule has 0 aliphatic carbocycles. The molecule has 1 heterocycles. The fourth-order valence-corrected chi connectivity index (χ4v) is 3.17. The Hall–Kier alpha value is -1.46. The lowest BCUT2D eigenvalue weighted by molar-refractivity contribution is 0.241. The minimum absolute atomic E-state index is 0.0878. The van der Waals surface area contributed by atoms with E-state index in [0.717, 1.165) is 12.2 Å². The van der Waals surface area contributed by atoms with Gasteiger partial charge in [-0.15, -0.1) is 23.1 Å². The summed E-state index contributed by atoms with van der Waals surface area (Å²) in [5.41, 5.74) is 0. The number of thioether (sulfide) groups is 1. The first-order chi connectivity index (χ1) is 9.84. The monoisotopic (exact) mass is 306 g/mol. The minimum Gasteiger partial charge on any atom is -0.338 e. The summed E-state index contributed by atoms with van der Waals surface area (Å²) < 4.78 is 0. The van der Waals surface area contributed by atoms with Gasteiger partial charge in [0.2, 0.25) is 0 Å². The van der Waals surface area contributed by atoms with Gasteiger partial charge in [-0.2, -0.15) is 0 Å². The second kappa shape index (κ2) is 8.66. The molecule has 0 unspecified atom stereocenters. The molecular formula is C15H18N2OS2. The van der Waals surface area contributed by atoms with Gasteiger partial charge in [-0.25, -0.2) is 4.79 Å². The number of carbonyl (C=O) groups excluding carboxylic acids is 1. The molecule has 0 saturated carbocycles. The highest BCUT2D eigenvalue weighted by atomic mass is 32.2. The van der Waals surface area contributed by atoms with Gasteiger partial charge in [-0.3, -0.25) is 0 Å². The van der Waals surface area contributed by atoms with E-state index in [9.17, 15) is 4.79 Å². The van der Waals surface area contributed by atoms with Crippen molar-refractivity contribution in [2.24, 2.45) is 0 Å². The van der Waals surface area contributed by atoms with Crippen LogP contribution in [0.15, 0.2) is 52.7 Å². The van der Waals surface area contributed by atoms with Gasteiger partial charge in [0.1, 0.15) is 0 Å². The number of rotatable bonds is 7. The molecule has 106 valence electrons. The molecule has 3 nitrogen and oxygen atoms in total. The highest BCUT2D eigenvalue weighted by Gasteiger charge is 2.00. The fourth-order valence-electron chi connectivity index (χ4n) is 1.67. The van der Waals surface area contributed by atoms with Crippen LogP contribution in [0.4, 0.5) is 4.79 Å². The van der Waals surface area contributed by atoms with E-state index in [1.54, 1.807) is 23.1 Å². The standard InChI is InChI=1S/C15H18N2OS2/c18-15(16-9-8-14-7-4-11-19-14)17-10-12-20-13-5-2-1-3-6-13/h1-7,11H,8-10,12H2,(H2,16,17,18). The maximum Gasteiger partial charge on any atom is 0.314 e. The van der Waals surface area contributed by atoms with Crippen LogP contribution in [-0.2, 0) is 6.42 Å². The third kappa shape index (κ3) is 5.67. The summed E-state index contributed by atoms with van der Waals surface area (Å²) in [4.78, 5) is 14.1. The molecule has 0 spiro atoms. The number of thiophene rings is 1. The highest BCUT2D eigenvalue weighted by Crippen LogP contribution is 2.15. The number of benzene rings is 1. The maximum atomic E-state index is 11.6. The molecule has 0 aliphatic heterocycles. The highest BCUT2D eigenvalue weighted by molar-refractivity contribution is 7.99. The Bertz CT molecular complexity index is 500. The minimum atomic E-state index is -0.0878. The van der Waals surface area contributed by atoms with Crippen molar-refractivity contribution in [3.8, 4) is 0 Å². The number of carbonyl (C=O) groups is 1. The Kier molecular flexibility index (Phi) is 6.47. The smallest absolute Gasteiger partial charge is 0.314 e. The Labute approximate surface area is 127 Å². The van der Waals surface area contributed by atoms with Crippen LogP contribution in [-0.4, -0.2) is 24.9 Å². The summed E-state index contributed by atoms with van der Waals surface area (Å²) in [5, 5.41) is 7.78. The van der Waals surface area contributed by atoms with Gasteiger partial charge in [-0.1, -0.05) is 24.3 Å². The van der Waals surface area contributed by atoms with E-state index < -0.39 is 0 Å². The molecule has 0 fully saturated rings. The Morgan fingerprint density at radius 2 is 1.85 bits per heavy atom. The van der Waals surface area contributed by atoms with Crippen LogP contribution < -0.4 is 10.6 Å². The Balaban J connectivity index is 1.52. The second-order valence-electron chi connectivity index (χ2n) is 4.17.